The number of aliphatic hydroxyl groups is 1. The van der Waals surface area contributed by atoms with Gasteiger partial charge < -0.3 is 28.7 Å². The number of rotatable bonds is 9. The van der Waals surface area contributed by atoms with Crippen molar-refractivity contribution in [3.8, 4) is 11.6 Å². The summed E-state index contributed by atoms with van der Waals surface area (Å²) in [6.07, 6.45) is 9.59. The van der Waals surface area contributed by atoms with Gasteiger partial charge in [-0.25, -0.2) is 0 Å². The molecule has 5 rings (SSSR count). The maximum Gasteiger partial charge on any atom is 0.265 e. The number of piperidine rings is 1. The van der Waals surface area contributed by atoms with E-state index in [4.69, 9.17) is 18.7 Å². The molecule has 3 aliphatic rings. The lowest BCUT2D eigenvalue weighted by atomic mass is 9.77. The number of likely N-dealkylation sites (tertiary alicyclic amines) is 1. The topological polar surface area (TPSA) is 77.2 Å². The minimum Gasteiger partial charge on any atom is -0.490 e. The highest BCUT2D eigenvalue weighted by atomic mass is 16.5. The lowest BCUT2D eigenvalue weighted by molar-refractivity contribution is -0.0134. The number of nitrogens with zero attached hydrogens (tertiary/aromatic N) is 2. The summed E-state index contributed by atoms with van der Waals surface area (Å²) in [5.41, 5.74) is 0.362. The van der Waals surface area contributed by atoms with Crippen LogP contribution < -0.4 is 9.47 Å². The monoisotopic (exact) mass is 472 g/mol. The lowest BCUT2D eigenvalue weighted by Gasteiger charge is -2.42. The summed E-state index contributed by atoms with van der Waals surface area (Å²) in [5.74, 6) is 1.69. The quantitative estimate of drug-likeness (QED) is 0.561. The van der Waals surface area contributed by atoms with E-state index < -0.39 is 5.60 Å². The highest BCUT2D eigenvalue weighted by Gasteiger charge is 2.34. The van der Waals surface area contributed by atoms with E-state index in [-0.39, 0.29) is 0 Å². The van der Waals surface area contributed by atoms with E-state index in [9.17, 15) is 5.11 Å². The van der Waals surface area contributed by atoms with Crippen LogP contribution in [0.25, 0.3) is 11.0 Å². The Balaban J connectivity index is 1.15. The van der Waals surface area contributed by atoms with Gasteiger partial charge >= 0.3 is 0 Å². The molecule has 1 saturated carbocycles. The van der Waals surface area contributed by atoms with Crippen LogP contribution in [0.3, 0.4) is 0 Å². The van der Waals surface area contributed by atoms with E-state index in [0.717, 1.165) is 70.2 Å². The Labute approximate surface area is 202 Å². The minimum atomic E-state index is -0.727. The first kappa shape index (κ1) is 23.9. The maximum absolute atomic E-state index is 10.7. The van der Waals surface area contributed by atoms with Crippen LogP contribution in [0.15, 0.2) is 22.7 Å². The van der Waals surface area contributed by atoms with Crippen molar-refractivity contribution >= 4 is 11.0 Å². The highest BCUT2D eigenvalue weighted by Crippen LogP contribution is 2.38. The van der Waals surface area contributed by atoms with Gasteiger partial charge in [0, 0.05) is 19.8 Å². The Morgan fingerprint density at radius 1 is 1.09 bits per heavy atom. The summed E-state index contributed by atoms with van der Waals surface area (Å²) in [6.45, 7) is 8.54. The molecule has 3 fully saturated rings. The van der Waals surface area contributed by atoms with Crippen molar-refractivity contribution in [2.24, 2.45) is 11.3 Å². The average Bonchev–Trinajstić information content (AvgIpc) is 3.50. The number of ether oxygens (including phenoxy) is 3. The molecular formula is C27H40N2O5. The first-order valence-electron chi connectivity index (χ1n) is 13.2. The molecule has 1 aromatic heterocycles. The van der Waals surface area contributed by atoms with E-state index in [1.54, 1.807) is 0 Å². The van der Waals surface area contributed by atoms with Gasteiger partial charge in [-0.2, -0.15) is 0 Å². The van der Waals surface area contributed by atoms with Gasteiger partial charge in [0.15, 0.2) is 5.58 Å². The Bertz CT molecular complexity index is 924. The molecule has 2 aromatic rings. The predicted molar refractivity (Wildman–Crippen MR) is 130 cm³/mol. The third kappa shape index (κ3) is 5.37. The fourth-order valence-electron chi connectivity index (χ4n) is 5.95. The Morgan fingerprint density at radius 2 is 1.85 bits per heavy atom. The van der Waals surface area contributed by atoms with Crippen molar-refractivity contribution in [1.82, 2.24) is 10.1 Å². The molecule has 0 unspecified atom stereocenters. The normalized spacial score (nSPS) is 23.4. The van der Waals surface area contributed by atoms with E-state index in [2.05, 4.69) is 17.0 Å². The van der Waals surface area contributed by atoms with Gasteiger partial charge in [0.05, 0.1) is 12.2 Å². The molecule has 7 heteroatoms. The van der Waals surface area contributed by atoms with E-state index in [0.29, 0.717) is 41.8 Å². The van der Waals surface area contributed by atoms with Crippen molar-refractivity contribution in [2.45, 2.75) is 70.3 Å². The van der Waals surface area contributed by atoms with Gasteiger partial charge in [-0.15, -0.1) is 0 Å². The maximum atomic E-state index is 10.7. The number of hydrogen-bond donors (Lipinski definition) is 1. The molecule has 0 bridgehead atoms. The molecule has 1 aromatic carbocycles. The second-order valence-electron chi connectivity index (χ2n) is 10.8. The Kier molecular flexibility index (Phi) is 7.32. The van der Waals surface area contributed by atoms with Gasteiger partial charge in [-0.1, -0.05) is 25.8 Å². The van der Waals surface area contributed by atoms with Crippen LogP contribution in [0.2, 0.25) is 0 Å². The molecule has 1 N–H and O–H groups in total. The summed E-state index contributed by atoms with van der Waals surface area (Å²) < 4.78 is 23.4. The highest BCUT2D eigenvalue weighted by molar-refractivity contribution is 5.88. The molecule has 188 valence electrons. The second-order valence-corrected chi connectivity index (χ2v) is 10.8. The fourth-order valence-corrected chi connectivity index (χ4v) is 5.95. The number of fused-ring (bicyclic) bond motifs is 1. The number of aromatic nitrogens is 1. The first-order valence-corrected chi connectivity index (χ1v) is 13.2. The SMILES string of the molecule is CCC1(CN2CCC(COc3noc4cccc(OCC5(O)CCCC5)c34)CC2)CCOCC1. The molecular weight excluding hydrogens is 432 g/mol. The molecule has 0 spiro atoms. The molecule has 34 heavy (non-hydrogen) atoms. The van der Waals surface area contributed by atoms with E-state index in [1.807, 2.05) is 18.2 Å². The van der Waals surface area contributed by atoms with Gasteiger partial charge in [0.1, 0.15) is 17.7 Å². The van der Waals surface area contributed by atoms with Crippen LogP contribution in [0.5, 0.6) is 11.6 Å². The Hall–Kier alpha value is -1.83. The van der Waals surface area contributed by atoms with Crippen LogP contribution in [-0.4, -0.2) is 66.8 Å². The third-order valence-electron chi connectivity index (χ3n) is 8.48. The van der Waals surface area contributed by atoms with E-state index >= 15 is 0 Å². The molecule has 3 heterocycles. The Morgan fingerprint density at radius 3 is 2.59 bits per heavy atom. The van der Waals surface area contributed by atoms with Crippen molar-refractivity contribution < 1.29 is 23.8 Å². The molecule has 0 radical (unpaired) electrons. The summed E-state index contributed by atoms with van der Waals surface area (Å²) in [7, 11) is 0. The summed E-state index contributed by atoms with van der Waals surface area (Å²) in [6, 6.07) is 5.68. The van der Waals surface area contributed by atoms with Crippen LogP contribution in [0.4, 0.5) is 0 Å². The average molecular weight is 473 g/mol. The standard InChI is InChI=1S/C27H40N2O5/c1-2-26(12-16-31-17-13-26)19-29-14-8-21(9-15-29)18-32-25-24-22(6-5-7-23(24)34-28-25)33-20-27(30)10-3-4-11-27/h5-7,21,30H,2-4,8-20H2,1H3. The van der Waals surface area contributed by atoms with Crippen molar-refractivity contribution in [1.29, 1.82) is 0 Å². The van der Waals surface area contributed by atoms with Crippen molar-refractivity contribution in [3.05, 3.63) is 18.2 Å². The molecule has 2 saturated heterocycles. The second kappa shape index (κ2) is 10.4. The fraction of sp³-hybridized carbons (Fsp3) is 0.741. The summed E-state index contributed by atoms with van der Waals surface area (Å²) >= 11 is 0. The summed E-state index contributed by atoms with van der Waals surface area (Å²) in [4.78, 5) is 2.65. The number of hydrogen-bond acceptors (Lipinski definition) is 7. The van der Waals surface area contributed by atoms with Gasteiger partial charge in [-0.05, 0) is 86.7 Å². The van der Waals surface area contributed by atoms with Gasteiger partial charge in [-0.3, -0.25) is 0 Å². The molecule has 0 amide bonds. The van der Waals surface area contributed by atoms with Crippen LogP contribution in [0.1, 0.15) is 64.7 Å². The summed E-state index contributed by atoms with van der Waals surface area (Å²) in [5, 5.41) is 15.6. The number of benzene rings is 1. The molecule has 7 nitrogen and oxygen atoms in total. The zero-order valence-corrected chi connectivity index (χ0v) is 20.6. The lowest BCUT2D eigenvalue weighted by Crippen LogP contribution is -2.45. The van der Waals surface area contributed by atoms with Crippen LogP contribution in [-0.2, 0) is 4.74 Å². The predicted octanol–water partition coefficient (Wildman–Crippen LogP) is 4.81. The van der Waals surface area contributed by atoms with Crippen LogP contribution in [0, 0.1) is 11.3 Å². The zero-order chi connectivity index (χ0) is 23.4. The van der Waals surface area contributed by atoms with Crippen molar-refractivity contribution in [2.75, 3.05) is 46.1 Å². The smallest absolute Gasteiger partial charge is 0.265 e. The minimum absolute atomic E-state index is 0.292. The largest absolute Gasteiger partial charge is 0.490 e. The molecule has 1 aliphatic carbocycles. The first-order chi connectivity index (χ1) is 16.6. The van der Waals surface area contributed by atoms with E-state index in [1.165, 1.54) is 25.8 Å². The molecule has 0 atom stereocenters. The van der Waals surface area contributed by atoms with Gasteiger partial charge in [0.25, 0.3) is 5.88 Å². The molecule has 2 aliphatic heterocycles. The van der Waals surface area contributed by atoms with Crippen LogP contribution >= 0.6 is 0 Å². The van der Waals surface area contributed by atoms with Crippen molar-refractivity contribution in [3.63, 3.8) is 0 Å². The third-order valence-corrected chi connectivity index (χ3v) is 8.48. The van der Waals surface area contributed by atoms with Gasteiger partial charge in [0.2, 0.25) is 0 Å². The zero-order valence-electron chi connectivity index (χ0n) is 20.6.